The summed E-state index contributed by atoms with van der Waals surface area (Å²) in [5, 5.41) is 16.7. The van der Waals surface area contributed by atoms with Crippen LogP contribution in [-0.4, -0.2) is 22.8 Å². The topological polar surface area (TPSA) is 57.5 Å². The van der Waals surface area contributed by atoms with Crippen molar-refractivity contribution < 1.29 is 34.5 Å². The molecule has 0 amide bonds. The van der Waals surface area contributed by atoms with Crippen LogP contribution in [0, 0.1) is 5.41 Å². The predicted molar refractivity (Wildman–Crippen MR) is 28.5 cm³/mol. The molecule has 0 bridgehead atoms. The molecule has 9 heavy (non-hydrogen) atoms. The first-order chi connectivity index (χ1) is 3.50. The van der Waals surface area contributed by atoms with Gasteiger partial charge in [-0.3, -0.25) is 4.79 Å². The normalized spacial score (nSPS) is 10.1. The summed E-state index contributed by atoms with van der Waals surface area (Å²) in [7, 11) is 0. The first-order valence-electron chi connectivity index (χ1n) is 2.35. The van der Waals surface area contributed by atoms with Crippen LogP contribution in [0.4, 0.5) is 0 Å². The first-order valence-corrected chi connectivity index (χ1v) is 2.35. The summed E-state index contributed by atoms with van der Waals surface area (Å²) in [6.45, 7) is 2.62. The van der Waals surface area contributed by atoms with Gasteiger partial charge >= 0.3 is 5.97 Å². The van der Waals surface area contributed by atoms with E-state index in [1.807, 2.05) is 0 Å². The van der Waals surface area contributed by atoms with Gasteiger partial charge in [-0.25, -0.2) is 0 Å². The maximum atomic E-state index is 10.1. The molecule has 0 saturated heterocycles. The summed E-state index contributed by atoms with van der Waals surface area (Å²) in [5.41, 5.74) is -0.986. The molecule has 0 spiro atoms. The van der Waals surface area contributed by atoms with Crippen molar-refractivity contribution in [3.63, 3.8) is 0 Å². The minimum atomic E-state index is -0.986. The summed E-state index contributed by atoms with van der Waals surface area (Å²) in [5.74, 6) is -0.972. The van der Waals surface area contributed by atoms with Crippen molar-refractivity contribution in [2.24, 2.45) is 5.41 Å². The summed E-state index contributed by atoms with van der Waals surface area (Å²) in [6.07, 6.45) is 0. The molecule has 0 aromatic carbocycles. The number of aliphatic carboxylic acids is 1. The SMILES string of the molecule is CC(C)(CO)C(=O)O.[Zn]. The molecule has 3 nitrogen and oxygen atoms in total. The Hall–Kier alpha value is 0.0534. The van der Waals surface area contributed by atoms with Crippen LogP contribution in [0.5, 0.6) is 0 Å². The van der Waals surface area contributed by atoms with Gasteiger partial charge in [-0.2, -0.15) is 0 Å². The van der Waals surface area contributed by atoms with Gasteiger partial charge in [0.1, 0.15) is 0 Å². The van der Waals surface area contributed by atoms with E-state index in [0.29, 0.717) is 0 Å². The Bertz CT molecular complexity index is 100. The molecule has 0 saturated carbocycles. The van der Waals surface area contributed by atoms with Gasteiger partial charge in [0.2, 0.25) is 0 Å². The Morgan fingerprint density at radius 2 is 1.89 bits per heavy atom. The second kappa shape index (κ2) is 3.96. The molecule has 4 heteroatoms. The Morgan fingerprint density at radius 1 is 1.56 bits per heavy atom. The van der Waals surface area contributed by atoms with Gasteiger partial charge in [0.15, 0.2) is 0 Å². The largest absolute Gasteiger partial charge is 0.481 e. The molecule has 0 aromatic heterocycles. The zero-order valence-corrected chi connectivity index (χ0v) is 8.68. The van der Waals surface area contributed by atoms with Gasteiger partial charge in [0.05, 0.1) is 12.0 Å². The van der Waals surface area contributed by atoms with Gasteiger partial charge in [-0.15, -0.1) is 0 Å². The third-order valence-electron chi connectivity index (χ3n) is 0.974. The fourth-order valence-corrected chi connectivity index (χ4v) is 0.0676. The van der Waals surface area contributed by atoms with Crippen LogP contribution in [-0.2, 0) is 24.3 Å². The molecule has 0 atom stereocenters. The number of carboxylic acid groups (broad SMARTS) is 1. The number of aliphatic hydroxyl groups is 1. The Kier molecular flexibility index (Phi) is 5.20. The van der Waals surface area contributed by atoms with Crippen molar-refractivity contribution >= 4 is 5.97 Å². The van der Waals surface area contributed by atoms with E-state index in [-0.39, 0.29) is 26.1 Å². The van der Waals surface area contributed by atoms with Crippen molar-refractivity contribution in [2.45, 2.75) is 13.8 Å². The number of rotatable bonds is 2. The quantitative estimate of drug-likeness (QED) is 0.597. The van der Waals surface area contributed by atoms with E-state index in [1.165, 1.54) is 13.8 Å². The van der Waals surface area contributed by atoms with Crippen molar-refractivity contribution in [3.05, 3.63) is 0 Å². The van der Waals surface area contributed by atoms with Gasteiger partial charge in [0.25, 0.3) is 0 Å². The van der Waals surface area contributed by atoms with Crippen molar-refractivity contribution in [2.75, 3.05) is 6.61 Å². The smallest absolute Gasteiger partial charge is 0.311 e. The van der Waals surface area contributed by atoms with E-state index in [2.05, 4.69) is 0 Å². The minimum Gasteiger partial charge on any atom is -0.481 e. The van der Waals surface area contributed by atoms with E-state index >= 15 is 0 Å². The summed E-state index contributed by atoms with van der Waals surface area (Å²) >= 11 is 0. The number of carboxylic acids is 1. The van der Waals surface area contributed by atoms with E-state index in [0.717, 1.165) is 0 Å². The molecule has 0 fully saturated rings. The molecule has 0 unspecified atom stereocenters. The molecule has 0 aliphatic rings. The van der Waals surface area contributed by atoms with E-state index in [1.54, 1.807) is 0 Å². The zero-order valence-electron chi connectivity index (χ0n) is 5.72. The van der Waals surface area contributed by atoms with Gasteiger partial charge in [-0.1, -0.05) is 0 Å². The second-order valence-corrected chi connectivity index (χ2v) is 2.35. The molecular formula is C5H10O3Zn. The fraction of sp³-hybridized carbons (Fsp3) is 0.800. The number of hydrogen-bond donors (Lipinski definition) is 2. The van der Waals surface area contributed by atoms with Gasteiger partial charge in [-0.05, 0) is 13.8 Å². The maximum Gasteiger partial charge on any atom is 0.311 e. The van der Waals surface area contributed by atoms with Crippen molar-refractivity contribution in [3.8, 4) is 0 Å². The molecule has 0 aliphatic carbocycles. The average Bonchev–Trinajstić information content (AvgIpc) is 1.67. The predicted octanol–water partition coefficient (Wildman–Crippen LogP) is 0.0870. The maximum absolute atomic E-state index is 10.1. The van der Waals surface area contributed by atoms with Crippen molar-refractivity contribution in [1.82, 2.24) is 0 Å². The number of aliphatic hydroxyl groups excluding tert-OH is 1. The Morgan fingerprint density at radius 3 is 1.89 bits per heavy atom. The number of hydrogen-bond acceptors (Lipinski definition) is 2. The molecule has 0 aromatic rings. The molecular weight excluding hydrogens is 173 g/mol. The van der Waals surface area contributed by atoms with Crippen LogP contribution in [0.1, 0.15) is 13.8 Å². The van der Waals surface area contributed by atoms with Crippen LogP contribution in [0.15, 0.2) is 0 Å². The third kappa shape index (κ3) is 3.60. The van der Waals surface area contributed by atoms with Crippen LogP contribution in [0.3, 0.4) is 0 Å². The summed E-state index contributed by atoms with van der Waals surface area (Å²) in [6, 6.07) is 0. The third-order valence-corrected chi connectivity index (χ3v) is 0.974. The van der Waals surface area contributed by atoms with E-state index < -0.39 is 11.4 Å². The van der Waals surface area contributed by atoms with Crippen molar-refractivity contribution in [1.29, 1.82) is 0 Å². The molecule has 0 heterocycles. The Balaban J connectivity index is 0. The molecule has 0 aliphatic heterocycles. The zero-order chi connectivity index (χ0) is 6.78. The van der Waals surface area contributed by atoms with E-state index in [9.17, 15) is 4.79 Å². The molecule has 0 radical (unpaired) electrons. The van der Waals surface area contributed by atoms with Crippen LogP contribution in [0.25, 0.3) is 0 Å². The number of carbonyl (C=O) groups is 1. The Labute approximate surface area is 66.8 Å². The molecule has 0 rings (SSSR count). The van der Waals surface area contributed by atoms with Crippen LogP contribution < -0.4 is 0 Å². The molecule has 50 valence electrons. The first kappa shape index (κ1) is 11.8. The second-order valence-electron chi connectivity index (χ2n) is 2.35. The minimum absolute atomic E-state index is 0. The fourth-order valence-electron chi connectivity index (χ4n) is 0.0676. The summed E-state index contributed by atoms with van der Waals surface area (Å²) in [4.78, 5) is 10.1. The summed E-state index contributed by atoms with van der Waals surface area (Å²) < 4.78 is 0. The van der Waals surface area contributed by atoms with Crippen LogP contribution in [0.2, 0.25) is 0 Å². The monoisotopic (exact) mass is 182 g/mol. The standard InChI is InChI=1S/C5H10O3.Zn/c1-5(2,3-6)4(7)8;/h6H,3H2,1-2H3,(H,7,8);. The van der Waals surface area contributed by atoms with Gasteiger partial charge < -0.3 is 10.2 Å². The van der Waals surface area contributed by atoms with E-state index in [4.69, 9.17) is 10.2 Å². The van der Waals surface area contributed by atoms with Crippen LogP contribution >= 0.6 is 0 Å². The molecule has 2 N–H and O–H groups in total. The van der Waals surface area contributed by atoms with Gasteiger partial charge in [0, 0.05) is 19.5 Å². The average molecular weight is 184 g/mol.